The van der Waals surface area contributed by atoms with Crippen LogP contribution in [0.5, 0.6) is 0 Å². The molecule has 1 aliphatic rings. The van der Waals surface area contributed by atoms with Crippen molar-refractivity contribution in [1.29, 1.82) is 0 Å². The largest absolute Gasteiger partial charge is 0.310 e. The third-order valence-electron chi connectivity index (χ3n) is 15.2. The Morgan fingerprint density at radius 3 is 1.38 bits per heavy atom. The van der Waals surface area contributed by atoms with Gasteiger partial charge in [-0.3, -0.25) is 0 Å². The lowest BCUT2D eigenvalue weighted by molar-refractivity contribution is 0.714. The van der Waals surface area contributed by atoms with Gasteiger partial charge in [0, 0.05) is 22.4 Å². The van der Waals surface area contributed by atoms with Crippen LogP contribution in [-0.2, 0) is 5.41 Å². The Hall–Kier alpha value is -9.30. The van der Waals surface area contributed by atoms with Crippen molar-refractivity contribution in [3.8, 4) is 77.9 Å². The van der Waals surface area contributed by atoms with Crippen molar-refractivity contribution in [3.05, 3.63) is 308 Å². The third kappa shape index (κ3) is 7.66. The minimum Gasteiger partial charge on any atom is -0.310 e. The minimum absolute atomic E-state index is 0.273. The summed E-state index contributed by atoms with van der Waals surface area (Å²) in [6.07, 6.45) is 0. The van der Waals surface area contributed by atoms with E-state index in [1.165, 1.54) is 94.2 Å². The Morgan fingerprint density at radius 1 is 0.274 bits per heavy atom. The fraction of sp³-hybridized carbons (Fsp3) is 0.0278. The average Bonchev–Trinajstić information content (AvgIpc) is 3.74. The molecule has 344 valence electrons. The maximum Gasteiger partial charge on any atom is 0.0540 e. The first kappa shape index (κ1) is 43.7. The van der Waals surface area contributed by atoms with E-state index in [4.69, 9.17) is 0 Å². The van der Waals surface area contributed by atoms with Crippen molar-refractivity contribution >= 4 is 27.8 Å². The number of fused-ring (bicyclic) bond motifs is 4. The fourth-order valence-electron chi connectivity index (χ4n) is 11.7. The standard InChI is InChI=1S/C72H51N/c1-72(57-29-12-5-13-30-57)67-36-16-14-32-65(67)71-62(34-20-37-68(71)72)54-41-46-59(47-42-54)73(69-38-17-15-31-63(69)64-35-19-28-55-27-18-33-61(70(55)64)52-23-8-3-9-24-52)58-44-39-50(40-45-58)56-43-48-60(51-21-6-2-7-22-51)66(49-56)53-25-10-4-11-26-53/h2-49H,1H3. The second-order valence-corrected chi connectivity index (χ2v) is 19.3. The molecule has 1 heteroatoms. The van der Waals surface area contributed by atoms with Gasteiger partial charge < -0.3 is 4.90 Å². The van der Waals surface area contributed by atoms with E-state index in [0.29, 0.717) is 0 Å². The SMILES string of the molecule is CC1(c2ccccc2)c2ccccc2-c2c(-c3ccc(N(c4ccc(-c5ccc(-c6ccccc6)c(-c6ccccc6)c5)cc4)c4ccccc4-c4cccc5cccc(-c6ccccc6)c45)cc3)cccc21. The van der Waals surface area contributed by atoms with E-state index < -0.39 is 0 Å². The Morgan fingerprint density at radius 2 is 0.726 bits per heavy atom. The smallest absolute Gasteiger partial charge is 0.0540 e. The van der Waals surface area contributed by atoms with Crippen LogP contribution in [0.25, 0.3) is 88.7 Å². The maximum atomic E-state index is 2.44. The molecule has 0 amide bonds. The first-order valence-corrected chi connectivity index (χ1v) is 25.3. The van der Waals surface area contributed by atoms with E-state index in [-0.39, 0.29) is 5.41 Å². The first-order valence-electron chi connectivity index (χ1n) is 25.3. The van der Waals surface area contributed by atoms with Crippen LogP contribution >= 0.6 is 0 Å². The summed E-state index contributed by atoms with van der Waals surface area (Å²) in [5.41, 5.74) is 24.0. The van der Waals surface area contributed by atoms with E-state index in [2.05, 4.69) is 303 Å². The van der Waals surface area contributed by atoms with Gasteiger partial charge >= 0.3 is 0 Å². The van der Waals surface area contributed by atoms with Crippen LogP contribution in [0.1, 0.15) is 23.6 Å². The number of hydrogen-bond donors (Lipinski definition) is 0. The van der Waals surface area contributed by atoms with Crippen LogP contribution in [0.15, 0.2) is 291 Å². The van der Waals surface area contributed by atoms with Crippen molar-refractivity contribution < 1.29 is 0 Å². The molecule has 12 aromatic carbocycles. The fourth-order valence-corrected chi connectivity index (χ4v) is 11.7. The van der Waals surface area contributed by atoms with Gasteiger partial charge in [-0.1, -0.05) is 255 Å². The van der Waals surface area contributed by atoms with Crippen molar-refractivity contribution in [2.24, 2.45) is 0 Å². The molecule has 0 fully saturated rings. The van der Waals surface area contributed by atoms with Crippen LogP contribution in [0, 0.1) is 0 Å². The molecule has 0 radical (unpaired) electrons. The van der Waals surface area contributed by atoms with Crippen molar-refractivity contribution in [2.75, 3.05) is 4.90 Å². The molecule has 1 atom stereocenters. The average molecular weight is 930 g/mol. The zero-order chi connectivity index (χ0) is 48.7. The zero-order valence-electron chi connectivity index (χ0n) is 40.7. The molecule has 1 nitrogen and oxygen atoms in total. The molecular weight excluding hydrogens is 879 g/mol. The highest BCUT2D eigenvalue weighted by molar-refractivity contribution is 6.09. The first-order chi connectivity index (χ1) is 36.1. The van der Waals surface area contributed by atoms with Gasteiger partial charge in [-0.05, 0) is 143 Å². The number of anilines is 3. The Balaban J connectivity index is 0.959. The summed E-state index contributed by atoms with van der Waals surface area (Å²) in [5, 5.41) is 2.45. The van der Waals surface area contributed by atoms with Crippen LogP contribution in [-0.4, -0.2) is 0 Å². The van der Waals surface area contributed by atoms with Crippen LogP contribution in [0.4, 0.5) is 17.1 Å². The van der Waals surface area contributed by atoms with Gasteiger partial charge in [-0.2, -0.15) is 0 Å². The summed E-state index contributed by atoms with van der Waals surface area (Å²) in [5.74, 6) is 0. The Kier molecular flexibility index (Phi) is 11.1. The lowest BCUT2D eigenvalue weighted by atomic mass is 9.74. The van der Waals surface area contributed by atoms with Gasteiger partial charge in [0.25, 0.3) is 0 Å². The summed E-state index contributed by atoms with van der Waals surface area (Å²) >= 11 is 0. The Labute approximate surface area is 428 Å². The van der Waals surface area contributed by atoms with Gasteiger partial charge in [-0.15, -0.1) is 0 Å². The number of rotatable bonds is 10. The van der Waals surface area contributed by atoms with E-state index >= 15 is 0 Å². The number of nitrogens with zero attached hydrogens (tertiary/aromatic N) is 1. The van der Waals surface area contributed by atoms with Crippen molar-refractivity contribution in [1.82, 2.24) is 0 Å². The highest BCUT2D eigenvalue weighted by Crippen LogP contribution is 2.55. The van der Waals surface area contributed by atoms with Gasteiger partial charge in [0.1, 0.15) is 0 Å². The van der Waals surface area contributed by atoms with Crippen LogP contribution < -0.4 is 4.90 Å². The zero-order valence-corrected chi connectivity index (χ0v) is 40.7. The molecule has 0 saturated heterocycles. The second kappa shape index (κ2) is 18.5. The molecule has 0 bridgehead atoms. The highest BCUT2D eigenvalue weighted by atomic mass is 15.1. The van der Waals surface area contributed by atoms with E-state index in [9.17, 15) is 0 Å². The minimum atomic E-state index is -0.273. The van der Waals surface area contributed by atoms with Gasteiger partial charge in [0.2, 0.25) is 0 Å². The van der Waals surface area contributed by atoms with E-state index in [0.717, 1.165) is 28.2 Å². The quantitative estimate of drug-likeness (QED) is 0.132. The predicted molar refractivity (Wildman–Crippen MR) is 309 cm³/mol. The van der Waals surface area contributed by atoms with Gasteiger partial charge in [0.15, 0.2) is 0 Å². The summed E-state index contributed by atoms with van der Waals surface area (Å²) in [4.78, 5) is 2.44. The second-order valence-electron chi connectivity index (χ2n) is 19.3. The molecule has 0 spiro atoms. The molecule has 0 aliphatic heterocycles. The molecule has 1 unspecified atom stereocenters. The Bertz CT molecular complexity index is 3930. The molecule has 1 aliphatic carbocycles. The van der Waals surface area contributed by atoms with Crippen LogP contribution in [0.3, 0.4) is 0 Å². The summed E-state index contributed by atoms with van der Waals surface area (Å²) < 4.78 is 0. The normalized spacial score (nSPS) is 13.6. The molecule has 0 aromatic heterocycles. The summed E-state index contributed by atoms with van der Waals surface area (Å²) in [6, 6.07) is 107. The molecule has 13 rings (SSSR count). The lowest BCUT2D eigenvalue weighted by Crippen LogP contribution is -2.22. The maximum absolute atomic E-state index is 2.44. The summed E-state index contributed by atoms with van der Waals surface area (Å²) in [6.45, 7) is 2.39. The number of para-hydroxylation sites is 1. The van der Waals surface area contributed by atoms with Gasteiger partial charge in [-0.25, -0.2) is 0 Å². The molecule has 0 saturated carbocycles. The molecular formula is C72H51N. The topological polar surface area (TPSA) is 3.24 Å². The number of hydrogen-bond acceptors (Lipinski definition) is 1. The lowest BCUT2D eigenvalue weighted by Gasteiger charge is -2.29. The monoisotopic (exact) mass is 929 g/mol. The molecule has 0 heterocycles. The molecule has 12 aromatic rings. The molecule has 0 N–H and O–H groups in total. The summed E-state index contributed by atoms with van der Waals surface area (Å²) in [7, 11) is 0. The molecule has 73 heavy (non-hydrogen) atoms. The van der Waals surface area contributed by atoms with Crippen LogP contribution in [0.2, 0.25) is 0 Å². The van der Waals surface area contributed by atoms with Crippen molar-refractivity contribution in [3.63, 3.8) is 0 Å². The van der Waals surface area contributed by atoms with Gasteiger partial charge in [0.05, 0.1) is 5.69 Å². The predicted octanol–water partition coefficient (Wildman–Crippen LogP) is 19.6. The third-order valence-corrected chi connectivity index (χ3v) is 15.2. The highest BCUT2D eigenvalue weighted by Gasteiger charge is 2.41. The van der Waals surface area contributed by atoms with Crippen molar-refractivity contribution in [2.45, 2.75) is 12.3 Å². The number of benzene rings is 12. The van der Waals surface area contributed by atoms with E-state index in [1.54, 1.807) is 0 Å². The van der Waals surface area contributed by atoms with E-state index in [1.807, 2.05) is 0 Å².